The molecule has 0 spiro atoms. The van der Waals surface area contributed by atoms with Gasteiger partial charge in [-0.3, -0.25) is 13.9 Å². The smallest absolute Gasteiger partial charge is 0.312 e. The molecule has 3 heterocycles. The molecule has 0 radical (unpaired) electrons. The number of imidazole rings is 1. The van der Waals surface area contributed by atoms with E-state index in [1.807, 2.05) is 16.7 Å². The monoisotopic (exact) mass is 463 g/mol. The van der Waals surface area contributed by atoms with Crippen LogP contribution in [0.5, 0.6) is 0 Å². The van der Waals surface area contributed by atoms with Gasteiger partial charge >= 0.3 is 5.69 Å². The summed E-state index contributed by atoms with van der Waals surface area (Å²) >= 11 is 6.12. The molecule has 0 unspecified atom stereocenters. The van der Waals surface area contributed by atoms with Crippen molar-refractivity contribution in [1.29, 1.82) is 0 Å². The van der Waals surface area contributed by atoms with Crippen LogP contribution in [-0.4, -0.2) is 25.2 Å². The number of aryl methyl sites for hydroxylation is 3. The summed E-state index contributed by atoms with van der Waals surface area (Å²) in [5.41, 5.74) is 4.31. The summed E-state index contributed by atoms with van der Waals surface area (Å²) in [7, 11) is 1.67. The number of hydrogen-bond acceptors (Lipinski definition) is 4. The molecule has 1 aliphatic heterocycles. The number of rotatable bonds is 3. The number of halogens is 1. The number of hydrogen-bond donors (Lipinski definition) is 0. The molecular formula is C25H26ClN5O2. The molecule has 4 aromatic rings. The molecule has 0 amide bonds. The maximum atomic E-state index is 13.6. The van der Waals surface area contributed by atoms with Crippen molar-refractivity contribution in [2.24, 2.45) is 13.0 Å². The van der Waals surface area contributed by atoms with Crippen LogP contribution in [0.3, 0.4) is 0 Å². The van der Waals surface area contributed by atoms with Crippen molar-refractivity contribution < 1.29 is 0 Å². The fourth-order valence-electron chi connectivity index (χ4n) is 4.79. The van der Waals surface area contributed by atoms with Crippen molar-refractivity contribution >= 4 is 34.4 Å². The second-order valence-corrected chi connectivity index (χ2v) is 9.56. The molecule has 0 aliphatic carbocycles. The third kappa shape index (κ3) is 3.66. The Kier molecular flexibility index (Phi) is 5.16. The SMILES string of the molecule is Cc1cc(C)cc(N2C[C@@H](C)Cn3c2nc2c3c(=O)n(Cc3cccc(Cl)c3)c(=O)n2C)c1. The lowest BCUT2D eigenvalue weighted by molar-refractivity contribution is 0.458. The van der Waals surface area contributed by atoms with E-state index in [1.54, 1.807) is 19.2 Å². The van der Waals surface area contributed by atoms with E-state index in [2.05, 4.69) is 43.9 Å². The van der Waals surface area contributed by atoms with Crippen LogP contribution < -0.4 is 16.1 Å². The molecule has 8 heteroatoms. The molecule has 5 rings (SSSR count). The standard InChI is InChI=1S/C25H26ClN5O2/c1-15-8-16(2)10-20(9-15)29-12-17(3)13-30-21-22(27-24(29)30)28(4)25(33)31(23(21)32)14-18-6-5-7-19(26)11-18/h5-11,17H,12-14H2,1-4H3/t17-/m1/s1. The van der Waals surface area contributed by atoms with E-state index in [0.29, 0.717) is 34.6 Å². The largest absolute Gasteiger partial charge is 0.332 e. The van der Waals surface area contributed by atoms with Gasteiger partial charge in [0.15, 0.2) is 11.2 Å². The normalized spacial score (nSPS) is 15.8. The average Bonchev–Trinajstić information content (AvgIpc) is 3.13. The lowest BCUT2D eigenvalue weighted by Gasteiger charge is -2.33. The molecule has 2 aromatic carbocycles. The van der Waals surface area contributed by atoms with E-state index in [1.165, 1.54) is 20.3 Å². The Hall–Kier alpha value is -3.32. The number of fused-ring (bicyclic) bond motifs is 3. The number of anilines is 2. The molecule has 0 bridgehead atoms. The minimum Gasteiger partial charge on any atom is -0.312 e. The molecule has 2 aromatic heterocycles. The highest BCUT2D eigenvalue weighted by Crippen LogP contribution is 2.33. The third-order valence-corrected chi connectivity index (χ3v) is 6.43. The van der Waals surface area contributed by atoms with Crippen molar-refractivity contribution in [1.82, 2.24) is 18.7 Å². The maximum Gasteiger partial charge on any atom is 0.332 e. The summed E-state index contributed by atoms with van der Waals surface area (Å²) in [4.78, 5) is 33.7. The first-order chi connectivity index (χ1) is 15.7. The molecular weight excluding hydrogens is 438 g/mol. The summed E-state index contributed by atoms with van der Waals surface area (Å²) < 4.78 is 4.71. The second kappa shape index (κ2) is 7.92. The first kappa shape index (κ1) is 21.5. The van der Waals surface area contributed by atoms with Gasteiger partial charge < -0.3 is 9.47 Å². The molecule has 0 fully saturated rings. The Balaban J connectivity index is 1.73. The molecule has 7 nitrogen and oxygen atoms in total. The van der Waals surface area contributed by atoms with Gasteiger partial charge in [-0.2, -0.15) is 4.98 Å². The van der Waals surface area contributed by atoms with E-state index in [4.69, 9.17) is 16.6 Å². The maximum absolute atomic E-state index is 13.6. The lowest BCUT2D eigenvalue weighted by atomic mass is 10.1. The predicted octanol–water partition coefficient (Wildman–Crippen LogP) is 4.00. The first-order valence-electron chi connectivity index (χ1n) is 11.0. The van der Waals surface area contributed by atoms with Crippen molar-refractivity contribution in [3.8, 4) is 0 Å². The zero-order valence-electron chi connectivity index (χ0n) is 19.2. The lowest BCUT2D eigenvalue weighted by Crippen LogP contribution is -2.40. The third-order valence-electron chi connectivity index (χ3n) is 6.19. The van der Waals surface area contributed by atoms with Crippen LogP contribution in [0.1, 0.15) is 23.6 Å². The summed E-state index contributed by atoms with van der Waals surface area (Å²) in [6.07, 6.45) is 0. The molecule has 0 saturated heterocycles. The summed E-state index contributed by atoms with van der Waals surface area (Å²) in [5.74, 6) is 0.995. The Morgan fingerprint density at radius 2 is 1.79 bits per heavy atom. The number of nitrogens with zero attached hydrogens (tertiary/aromatic N) is 5. The average molecular weight is 464 g/mol. The molecule has 1 aliphatic rings. The van der Waals surface area contributed by atoms with Crippen LogP contribution in [0.15, 0.2) is 52.1 Å². The zero-order valence-corrected chi connectivity index (χ0v) is 19.9. The Morgan fingerprint density at radius 3 is 2.48 bits per heavy atom. The van der Waals surface area contributed by atoms with Crippen LogP contribution in [0, 0.1) is 19.8 Å². The van der Waals surface area contributed by atoms with Gasteiger partial charge in [0.05, 0.1) is 6.54 Å². The van der Waals surface area contributed by atoms with Gasteiger partial charge in [-0.05, 0) is 60.7 Å². The van der Waals surface area contributed by atoms with Gasteiger partial charge in [0, 0.05) is 30.8 Å². The van der Waals surface area contributed by atoms with Crippen LogP contribution in [-0.2, 0) is 20.1 Å². The summed E-state index contributed by atoms with van der Waals surface area (Å²) in [6, 6.07) is 13.6. The second-order valence-electron chi connectivity index (χ2n) is 9.12. The number of aromatic nitrogens is 4. The Labute approximate surface area is 196 Å². The Morgan fingerprint density at radius 1 is 1.06 bits per heavy atom. The van der Waals surface area contributed by atoms with Gasteiger partial charge in [-0.1, -0.05) is 36.7 Å². The summed E-state index contributed by atoms with van der Waals surface area (Å²) in [5, 5.41) is 0.568. The quantitative estimate of drug-likeness (QED) is 0.460. The van der Waals surface area contributed by atoms with Gasteiger partial charge in [0.25, 0.3) is 5.56 Å². The fraction of sp³-hybridized carbons (Fsp3) is 0.320. The molecule has 1 atom stereocenters. The van der Waals surface area contributed by atoms with Crippen molar-refractivity contribution in [3.63, 3.8) is 0 Å². The molecule has 33 heavy (non-hydrogen) atoms. The molecule has 0 saturated carbocycles. The van der Waals surface area contributed by atoms with Crippen molar-refractivity contribution in [2.45, 2.75) is 33.9 Å². The van der Waals surface area contributed by atoms with E-state index in [0.717, 1.165) is 17.8 Å². The van der Waals surface area contributed by atoms with E-state index in [-0.39, 0.29) is 12.1 Å². The van der Waals surface area contributed by atoms with Crippen LogP contribution in [0.2, 0.25) is 5.02 Å². The minimum absolute atomic E-state index is 0.152. The summed E-state index contributed by atoms with van der Waals surface area (Å²) in [6.45, 7) is 7.92. The highest BCUT2D eigenvalue weighted by molar-refractivity contribution is 6.30. The van der Waals surface area contributed by atoms with Crippen molar-refractivity contribution in [2.75, 3.05) is 11.4 Å². The molecule has 170 valence electrons. The predicted molar refractivity (Wildman–Crippen MR) is 132 cm³/mol. The van der Waals surface area contributed by atoms with Crippen LogP contribution >= 0.6 is 11.6 Å². The van der Waals surface area contributed by atoms with Gasteiger partial charge in [0.2, 0.25) is 5.95 Å². The van der Waals surface area contributed by atoms with Crippen LogP contribution in [0.25, 0.3) is 11.2 Å². The van der Waals surface area contributed by atoms with E-state index in [9.17, 15) is 9.59 Å². The van der Waals surface area contributed by atoms with E-state index < -0.39 is 5.69 Å². The van der Waals surface area contributed by atoms with Gasteiger partial charge in [-0.15, -0.1) is 0 Å². The number of benzene rings is 2. The Bertz CT molecular complexity index is 1490. The highest BCUT2D eigenvalue weighted by atomic mass is 35.5. The van der Waals surface area contributed by atoms with Gasteiger partial charge in [-0.25, -0.2) is 4.79 Å². The van der Waals surface area contributed by atoms with Gasteiger partial charge in [0.1, 0.15) is 0 Å². The minimum atomic E-state index is -0.395. The first-order valence-corrected chi connectivity index (χ1v) is 11.4. The van der Waals surface area contributed by atoms with Crippen molar-refractivity contribution in [3.05, 3.63) is 85.0 Å². The molecule has 0 N–H and O–H groups in total. The topological polar surface area (TPSA) is 65.1 Å². The van der Waals surface area contributed by atoms with Crippen LogP contribution in [0.4, 0.5) is 11.6 Å². The van der Waals surface area contributed by atoms with E-state index >= 15 is 0 Å². The highest BCUT2D eigenvalue weighted by Gasteiger charge is 2.30. The zero-order chi connectivity index (χ0) is 23.4. The fourth-order valence-corrected chi connectivity index (χ4v) is 5.00.